The van der Waals surface area contributed by atoms with Gasteiger partial charge in [-0.25, -0.2) is 4.79 Å². The van der Waals surface area contributed by atoms with E-state index in [1.807, 2.05) is 42.5 Å². The Hall–Kier alpha value is -3.74. The normalized spacial score (nSPS) is 10.9. The minimum atomic E-state index is -0.479. The number of nitrogens with zero attached hydrogens (tertiary/aromatic N) is 3. The number of benzene rings is 3. The first-order valence-corrected chi connectivity index (χ1v) is 7.55. The van der Waals surface area contributed by atoms with Crippen LogP contribution in [-0.2, 0) is 0 Å². The van der Waals surface area contributed by atoms with Crippen LogP contribution >= 0.6 is 0 Å². The Morgan fingerprint density at radius 2 is 1.84 bits per heavy atom. The molecule has 0 atom stereocenters. The van der Waals surface area contributed by atoms with Crippen molar-refractivity contribution < 1.29 is 9.72 Å². The Kier molecular flexibility index (Phi) is 3.39. The van der Waals surface area contributed by atoms with E-state index in [-0.39, 0.29) is 5.69 Å². The molecule has 3 aromatic carbocycles. The number of hydrogen-bond acceptors (Lipinski definition) is 4. The molecule has 0 spiro atoms. The number of hydrogen-bond donors (Lipinski definition) is 1. The first kappa shape index (κ1) is 14.8. The molecular weight excluding hydrogens is 320 g/mol. The number of anilines is 1. The van der Waals surface area contributed by atoms with Gasteiger partial charge in [0.2, 0.25) is 0 Å². The molecule has 0 saturated carbocycles. The lowest BCUT2D eigenvalue weighted by Gasteiger charge is -2.09. The van der Waals surface area contributed by atoms with Gasteiger partial charge in [0.05, 0.1) is 22.3 Å². The number of non-ortho nitro benzene ring substituents is 1. The van der Waals surface area contributed by atoms with Crippen LogP contribution in [0.15, 0.2) is 66.9 Å². The number of aromatic nitrogens is 2. The Morgan fingerprint density at radius 1 is 1.04 bits per heavy atom. The monoisotopic (exact) mass is 332 g/mol. The maximum atomic E-state index is 12.6. The number of carbonyl (C=O) groups is 1. The van der Waals surface area contributed by atoms with Crippen LogP contribution in [0.4, 0.5) is 16.2 Å². The topological polar surface area (TPSA) is 90.1 Å². The molecule has 4 aromatic rings. The summed E-state index contributed by atoms with van der Waals surface area (Å²) in [5.74, 6) is 0. The second-order valence-electron chi connectivity index (χ2n) is 5.51. The number of nitro benzene ring substituents is 1. The molecule has 1 heterocycles. The molecule has 0 aliphatic heterocycles. The lowest BCUT2D eigenvalue weighted by molar-refractivity contribution is -0.384. The average molecular weight is 332 g/mol. The lowest BCUT2D eigenvalue weighted by Crippen LogP contribution is -2.20. The van der Waals surface area contributed by atoms with E-state index in [0.717, 1.165) is 10.8 Å². The zero-order valence-electron chi connectivity index (χ0n) is 12.9. The van der Waals surface area contributed by atoms with E-state index in [4.69, 9.17) is 0 Å². The molecule has 7 nitrogen and oxygen atoms in total. The van der Waals surface area contributed by atoms with E-state index in [1.165, 1.54) is 29.1 Å². The number of carbonyl (C=O) groups excluding carboxylic acids is 1. The lowest BCUT2D eigenvalue weighted by atomic mass is 10.1. The summed E-state index contributed by atoms with van der Waals surface area (Å²) in [6.07, 6.45) is 1.44. The van der Waals surface area contributed by atoms with Crippen LogP contribution in [0.2, 0.25) is 0 Å². The second-order valence-corrected chi connectivity index (χ2v) is 5.51. The quantitative estimate of drug-likeness (QED) is 0.440. The molecule has 0 fully saturated rings. The summed E-state index contributed by atoms with van der Waals surface area (Å²) in [4.78, 5) is 23.0. The molecule has 0 aliphatic rings. The van der Waals surface area contributed by atoms with Crippen molar-refractivity contribution in [3.8, 4) is 0 Å². The average Bonchev–Trinajstić information content (AvgIpc) is 3.05. The summed E-state index contributed by atoms with van der Waals surface area (Å²) in [7, 11) is 0. The fraction of sp³-hybridized carbons (Fsp3) is 0. The van der Waals surface area contributed by atoms with Crippen molar-refractivity contribution in [2.24, 2.45) is 0 Å². The van der Waals surface area contributed by atoms with Gasteiger partial charge < -0.3 is 5.32 Å². The molecule has 0 bridgehead atoms. The van der Waals surface area contributed by atoms with Crippen molar-refractivity contribution in [1.29, 1.82) is 0 Å². The molecule has 0 unspecified atom stereocenters. The van der Waals surface area contributed by atoms with Crippen LogP contribution in [0.1, 0.15) is 0 Å². The first-order valence-electron chi connectivity index (χ1n) is 7.55. The van der Waals surface area contributed by atoms with Gasteiger partial charge in [0.1, 0.15) is 0 Å². The van der Waals surface area contributed by atoms with Gasteiger partial charge >= 0.3 is 6.03 Å². The minimum absolute atomic E-state index is 0.0403. The zero-order chi connectivity index (χ0) is 17.4. The fourth-order valence-electron chi connectivity index (χ4n) is 2.80. The molecule has 0 radical (unpaired) electrons. The molecule has 4 rings (SSSR count). The van der Waals surface area contributed by atoms with Crippen molar-refractivity contribution in [3.63, 3.8) is 0 Å². The van der Waals surface area contributed by atoms with Crippen molar-refractivity contribution in [2.45, 2.75) is 0 Å². The highest BCUT2D eigenvalue weighted by Gasteiger charge is 2.14. The van der Waals surface area contributed by atoms with Gasteiger partial charge in [-0.05, 0) is 17.5 Å². The van der Waals surface area contributed by atoms with Crippen LogP contribution < -0.4 is 5.32 Å². The van der Waals surface area contributed by atoms with Gasteiger partial charge in [0, 0.05) is 22.9 Å². The van der Waals surface area contributed by atoms with Crippen LogP contribution in [0.3, 0.4) is 0 Å². The molecule has 1 amide bonds. The maximum absolute atomic E-state index is 12.6. The van der Waals surface area contributed by atoms with Gasteiger partial charge in [-0.3, -0.25) is 10.1 Å². The summed E-state index contributed by atoms with van der Waals surface area (Å²) in [5.41, 5.74) is 1.14. The highest BCUT2D eigenvalue weighted by Crippen LogP contribution is 2.24. The molecule has 122 valence electrons. The third-order valence-corrected chi connectivity index (χ3v) is 3.99. The van der Waals surface area contributed by atoms with Crippen molar-refractivity contribution in [1.82, 2.24) is 9.78 Å². The summed E-state index contributed by atoms with van der Waals surface area (Å²) in [6.45, 7) is 0. The van der Waals surface area contributed by atoms with Crippen molar-refractivity contribution >= 4 is 39.1 Å². The number of nitro groups is 1. The molecule has 0 aliphatic carbocycles. The predicted molar refractivity (Wildman–Crippen MR) is 94.8 cm³/mol. The smallest absolute Gasteiger partial charge is 0.305 e. The number of nitrogens with one attached hydrogen (secondary N) is 1. The van der Waals surface area contributed by atoms with Gasteiger partial charge in [-0.2, -0.15) is 9.78 Å². The van der Waals surface area contributed by atoms with Crippen LogP contribution in [0.5, 0.6) is 0 Å². The molecule has 1 N–H and O–H groups in total. The molecule has 0 saturated heterocycles. The predicted octanol–water partition coefficient (Wildman–Crippen LogP) is 4.18. The van der Waals surface area contributed by atoms with E-state index >= 15 is 0 Å². The fourth-order valence-corrected chi connectivity index (χ4v) is 2.80. The maximum Gasteiger partial charge on any atom is 0.347 e. The number of amides is 1. The van der Waals surface area contributed by atoms with E-state index in [0.29, 0.717) is 16.6 Å². The summed E-state index contributed by atoms with van der Waals surface area (Å²) >= 11 is 0. The van der Waals surface area contributed by atoms with Crippen molar-refractivity contribution in [3.05, 3.63) is 77.0 Å². The Bertz CT molecular complexity index is 1130. The Morgan fingerprint density at radius 3 is 2.68 bits per heavy atom. The standard InChI is InChI=1S/C18H12N4O3/c23-18(20-16-7-3-5-12-4-1-2-6-15(12)16)21-17-9-8-14(22(24)25)10-13(17)11-19-21/h1-11H,(H,20,23). The highest BCUT2D eigenvalue weighted by molar-refractivity contribution is 6.04. The minimum Gasteiger partial charge on any atom is -0.305 e. The van der Waals surface area contributed by atoms with Gasteiger partial charge in [-0.1, -0.05) is 36.4 Å². The highest BCUT2D eigenvalue weighted by atomic mass is 16.6. The van der Waals surface area contributed by atoms with Crippen LogP contribution in [0, 0.1) is 10.1 Å². The van der Waals surface area contributed by atoms with Crippen LogP contribution in [0.25, 0.3) is 21.7 Å². The second kappa shape index (κ2) is 5.72. The Balaban J connectivity index is 1.71. The summed E-state index contributed by atoms with van der Waals surface area (Å²) in [6, 6.07) is 17.2. The number of fused-ring (bicyclic) bond motifs is 2. The van der Waals surface area contributed by atoms with E-state index < -0.39 is 11.0 Å². The molecule has 7 heteroatoms. The van der Waals surface area contributed by atoms with Gasteiger partial charge in [0.25, 0.3) is 5.69 Å². The Labute approximate surface area is 141 Å². The number of rotatable bonds is 2. The first-order chi connectivity index (χ1) is 12.1. The van der Waals surface area contributed by atoms with Gasteiger partial charge in [-0.15, -0.1) is 0 Å². The molecule has 1 aromatic heterocycles. The van der Waals surface area contributed by atoms with Crippen LogP contribution in [-0.4, -0.2) is 20.7 Å². The third kappa shape index (κ3) is 2.57. The summed E-state index contributed by atoms with van der Waals surface area (Å²) < 4.78 is 1.20. The van der Waals surface area contributed by atoms with Gasteiger partial charge in [0.15, 0.2) is 0 Å². The summed E-state index contributed by atoms with van der Waals surface area (Å²) in [5, 5.41) is 20.2. The SMILES string of the molecule is O=C(Nc1cccc2ccccc12)n1ncc2cc([N+](=O)[O-])ccc21. The zero-order valence-corrected chi connectivity index (χ0v) is 12.9. The van der Waals surface area contributed by atoms with E-state index in [1.54, 1.807) is 0 Å². The third-order valence-electron chi connectivity index (χ3n) is 3.99. The largest absolute Gasteiger partial charge is 0.347 e. The molecular formula is C18H12N4O3. The van der Waals surface area contributed by atoms with E-state index in [9.17, 15) is 14.9 Å². The van der Waals surface area contributed by atoms with E-state index in [2.05, 4.69) is 10.4 Å². The molecule has 25 heavy (non-hydrogen) atoms. The van der Waals surface area contributed by atoms with Crippen molar-refractivity contribution in [2.75, 3.05) is 5.32 Å².